The molecule has 14 heavy (non-hydrogen) atoms. The zero-order chi connectivity index (χ0) is 11.0. The number of carbonyl (C=O) groups excluding carboxylic acids is 1. The summed E-state index contributed by atoms with van der Waals surface area (Å²) >= 11 is 0. The van der Waals surface area contributed by atoms with Crippen LogP contribution in [0.15, 0.2) is 0 Å². The SMILES string of the molecule is CCOC(OCC)C(NC=O)C(=O)O. The highest BCUT2D eigenvalue weighted by molar-refractivity contribution is 5.76. The van der Waals surface area contributed by atoms with E-state index in [1.54, 1.807) is 13.8 Å². The van der Waals surface area contributed by atoms with E-state index in [2.05, 4.69) is 5.32 Å². The summed E-state index contributed by atoms with van der Waals surface area (Å²) < 4.78 is 10.1. The Morgan fingerprint density at radius 3 is 2.21 bits per heavy atom. The van der Waals surface area contributed by atoms with Crippen LogP contribution in [0.25, 0.3) is 0 Å². The summed E-state index contributed by atoms with van der Waals surface area (Å²) in [6, 6.07) is -1.17. The predicted molar refractivity (Wildman–Crippen MR) is 47.7 cm³/mol. The lowest BCUT2D eigenvalue weighted by atomic mass is 10.3. The number of carbonyl (C=O) groups is 2. The minimum Gasteiger partial charge on any atom is -0.480 e. The molecule has 82 valence electrons. The number of aliphatic carboxylic acids is 1. The van der Waals surface area contributed by atoms with Crippen LogP contribution in [0.5, 0.6) is 0 Å². The fourth-order valence-electron chi connectivity index (χ4n) is 0.909. The number of rotatable bonds is 8. The maximum atomic E-state index is 10.7. The van der Waals surface area contributed by atoms with E-state index in [0.717, 1.165) is 0 Å². The molecule has 6 heteroatoms. The van der Waals surface area contributed by atoms with E-state index in [4.69, 9.17) is 14.6 Å². The van der Waals surface area contributed by atoms with Gasteiger partial charge in [0.2, 0.25) is 6.41 Å². The maximum Gasteiger partial charge on any atom is 0.331 e. The van der Waals surface area contributed by atoms with Crippen molar-refractivity contribution in [3.05, 3.63) is 0 Å². The molecule has 1 unspecified atom stereocenters. The number of nitrogens with one attached hydrogen (secondary N) is 1. The molecule has 0 aromatic heterocycles. The molecule has 0 saturated heterocycles. The molecule has 0 spiro atoms. The van der Waals surface area contributed by atoms with Crippen LogP contribution >= 0.6 is 0 Å². The van der Waals surface area contributed by atoms with Gasteiger partial charge in [-0.05, 0) is 13.8 Å². The Kier molecular flexibility index (Phi) is 6.69. The van der Waals surface area contributed by atoms with E-state index >= 15 is 0 Å². The summed E-state index contributed by atoms with van der Waals surface area (Å²) in [6.45, 7) is 4.06. The molecule has 0 aromatic rings. The van der Waals surface area contributed by atoms with E-state index in [9.17, 15) is 9.59 Å². The van der Waals surface area contributed by atoms with Gasteiger partial charge in [-0.15, -0.1) is 0 Å². The molecule has 0 aliphatic heterocycles. The molecule has 0 aliphatic rings. The van der Waals surface area contributed by atoms with Crippen molar-refractivity contribution in [1.82, 2.24) is 5.32 Å². The van der Waals surface area contributed by atoms with Crippen LogP contribution in [0.4, 0.5) is 0 Å². The highest BCUT2D eigenvalue weighted by atomic mass is 16.7. The van der Waals surface area contributed by atoms with Crippen molar-refractivity contribution in [2.45, 2.75) is 26.2 Å². The van der Waals surface area contributed by atoms with Crippen LogP contribution in [-0.2, 0) is 19.1 Å². The molecule has 2 N–H and O–H groups in total. The van der Waals surface area contributed by atoms with E-state index in [0.29, 0.717) is 19.6 Å². The van der Waals surface area contributed by atoms with Crippen LogP contribution in [0.1, 0.15) is 13.8 Å². The number of hydrogen-bond acceptors (Lipinski definition) is 4. The predicted octanol–water partition coefficient (Wildman–Crippen LogP) is -0.415. The molecule has 0 saturated carbocycles. The first-order valence-electron chi connectivity index (χ1n) is 4.33. The molecule has 1 atom stereocenters. The lowest BCUT2D eigenvalue weighted by molar-refractivity contribution is -0.175. The second-order valence-electron chi connectivity index (χ2n) is 2.38. The quantitative estimate of drug-likeness (QED) is 0.415. The van der Waals surface area contributed by atoms with Gasteiger partial charge in [0.15, 0.2) is 12.3 Å². The topological polar surface area (TPSA) is 84.9 Å². The first kappa shape index (κ1) is 12.9. The Morgan fingerprint density at radius 1 is 1.43 bits per heavy atom. The van der Waals surface area contributed by atoms with E-state index in [1.807, 2.05) is 0 Å². The molecule has 6 nitrogen and oxygen atoms in total. The summed E-state index contributed by atoms with van der Waals surface area (Å²) in [6.07, 6.45) is -0.642. The third-order valence-corrected chi connectivity index (χ3v) is 1.45. The Morgan fingerprint density at radius 2 is 1.93 bits per heavy atom. The van der Waals surface area contributed by atoms with Crippen LogP contribution in [-0.4, -0.2) is 43.0 Å². The minimum absolute atomic E-state index is 0.309. The van der Waals surface area contributed by atoms with Gasteiger partial charge in [0.05, 0.1) is 0 Å². The Hall–Kier alpha value is -1.14. The van der Waals surface area contributed by atoms with Crippen LogP contribution in [0.3, 0.4) is 0 Å². The molecule has 1 amide bonds. The van der Waals surface area contributed by atoms with Crippen molar-refractivity contribution >= 4 is 12.4 Å². The lowest BCUT2D eigenvalue weighted by Gasteiger charge is -2.22. The molecule has 0 bridgehead atoms. The molecule has 0 aliphatic carbocycles. The Balaban J connectivity index is 4.36. The highest BCUT2D eigenvalue weighted by Gasteiger charge is 2.28. The van der Waals surface area contributed by atoms with Crippen LogP contribution in [0, 0.1) is 0 Å². The zero-order valence-electron chi connectivity index (χ0n) is 8.23. The average Bonchev–Trinajstić information content (AvgIpc) is 2.13. The van der Waals surface area contributed by atoms with Gasteiger partial charge in [0.25, 0.3) is 0 Å². The summed E-state index contributed by atoms with van der Waals surface area (Å²) in [5.74, 6) is -1.19. The fourth-order valence-corrected chi connectivity index (χ4v) is 0.909. The first-order valence-corrected chi connectivity index (χ1v) is 4.33. The summed E-state index contributed by atoms with van der Waals surface area (Å²) in [5, 5.41) is 10.9. The van der Waals surface area contributed by atoms with Gasteiger partial charge in [-0.25, -0.2) is 4.79 Å². The van der Waals surface area contributed by atoms with Crippen LogP contribution < -0.4 is 5.32 Å². The molecule has 0 heterocycles. The van der Waals surface area contributed by atoms with E-state index in [1.165, 1.54) is 0 Å². The van der Waals surface area contributed by atoms with Gasteiger partial charge >= 0.3 is 5.97 Å². The summed E-state index contributed by atoms with van der Waals surface area (Å²) in [7, 11) is 0. The van der Waals surface area contributed by atoms with Crippen molar-refractivity contribution in [2.24, 2.45) is 0 Å². The monoisotopic (exact) mass is 205 g/mol. The standard InChI is InChI=1S/C8H15NO5/c1-3-13-8(14-4-2)6(7(11)12)9-5-10/h5-6,8H,3-4H2,1-2H3,(H,9,10)(H,11,12). The smallest absolute Gasteiger partial charge is 0.331 e. The largest absolute Gasteiger partial charge is 0.480 e. The van der Waals surface area contributed by atoms with Gasteiger partial charge in [-0.2, -0.15) is 0 Å². The third kappa shape index (κ3) is 4.20. The lowest BCUT2D eigenvalue weighted by Crippen LogP contribution is -2.48. The Labute approximate surface area is 82.2 Å². The molecule has 0 fully saturated rings. The summed E-state index contributed by atoms with van der Waals surface area (Å²) in [5.41, 5.74) is 0. The third-order valence-electron chi connectivity index (χ3n) is 1.45. The molecule has 0 radical (unpaired) electrons. The van der Waals surface area contributed by atoms with Gasteiger partial charge in [-0.1, -0.05) is 0 Å². The average molecular weight is 205 g/mol. The van der Waals surface area contributed by atoms with Crippen molar-refractivity contribution in [1.29, 1.82) is 0 Å². The van der Waals surface area contributed by atoms with Crippen molar-refractivity contribution < 1.29 is 24.2 Å². The minimum atomic E-state index is -1.19. The fraction of sp³-hybridized carbons (Fsp3) is 0.750. The number of ether oxygens (including phenoxy) is 2. The number of carboxylic acids is 1. The number of hydrogen-bond donors (Lipinski definition) is 2. The highest BCUT2D eigenvalue weighted by Crippen LogP contribution is 2.02. The Bertz CT molecular complexity index is 179. The number of carboxylic acid groups (broad SMARTS) is 1. The molecule has 0 rings (SSSR count). The van der Waals surface area contributed by atoms with Crippen molar-refractivity contribution in [3.63, 3.8) is 0 Å². The second-order valence-corrected chi connectivity index (χ2v) is 2.38. The van der Waals surface area contributed by atoms with Gasteiger partial charge < -0.3 is 19.9 Å². The zero-order valence-corrected chi connectivity index (χ0v) is 8.23. The van der Waals surface area contributed by atoms with E-state index in [-0.39, 0.29) is 0 Å². The van der Waals surface area contributed by atoms with Crippen molar-refractivity contribution in [3.8, 4) is 0 Å². The van der Waals surface area contributed by atoms with Crippen molar-refractivity contribution in [2.75, 3.05) is 13.2 Å². The van der Waals surface area contributed by atoms with Gasteiger partial charge in [0, 0.05) is 13.2 Å². The van der Waals surface area contributed by atoms with Gasteiger partial charge in [0.1, 0.15) is 0 Å². The maximum absolute atomic E-state index is 10.7. The molecular weight excluding hydrogens is 190 g/mol. The summed E-state index contributed by atoms with van der Waals surface area (Å²) in [4.78, 5) is 20.8. The molecular formula is C8H15NO5. The number of amides is 1. The van der Waals surface area contributed by atoms with Gasteiger partial charge in [-0.3, -0.25) is 4.79 Å². The molecule has 0 aromatic carbocycles. The first-order chi connectivity index (χ1) is 6.67. The normalized spacial score (nSPS) is 12.5. The van der Waals surface area contributed by atoms with E-state index < -0.39 is 18.3 Å². The second kappa shape index (κ2) is 7.28. The van der Waals surface area contributed by atoms with Crippen LogP contribution in [0.2, 0.25) is 0 Å².